The van der Waals surface area contributed by atoms with Crippen LogP contribution in [0.4, 0.5) is 10.5 Å². The van der Waals surface area contributed by atoms with E-state index >= 15 is 0 Å². The summed E-state index contributed by atoms with van der Waals surface area (Å²) in [5, 5.41) is 5.79. The molecule has 1 saturated carbocycles. The molecule has 0 radical (unpaired) electrons. The zero-order chi connectivity index (χ0) is 22.2. The van der Waals surface area contributed by atoms with Crippen LogP contribution in [0.5, 0.6) is 0 Å². The van der Waals surface area contributed by atoms with Crippen LogP contribution < -0.4 is 10.6 Å². The first kappa shape index (κ1) is 22.1. The summed E-state index contributed by atoms with van der Waals surface area (Å²) >= 11 is 0. The monoisotopic (exact) mass is 432 g/mol. The molecule has 0 spiro atoms. The van der Waals surface area contributed by atoms with Gasteiger partial charge in [0.15, 0.2) is 0 Å². The third-order valence-corrected chi connectivity index (χ3v) is 6.11. The van der Waals surface area contributed by atoms with Gasteiger partial charge in [0.25, 0.3) is 0 Å². The Kier molecular flexibility index (Phi) is 7.56. The first-order chi connectivity index (χ1) is 15.7. The minimum atomic E-state index is -0.216. The average Bonchev–Trinajstić information content (AvgIpc) is 3.27. The van der Waals surface area contributed by atoms with Crippen molar-refractivity contribution < 1.29 is 9.53 Å². The molecule has 0 atom stereocenters. The van der Waals surface area contributed by atoms with E-state index in [4.69, 9.17) is 9.72 Å². The Hall–Kier alpha value is -3.12. The summed E-state index contributed by atoms with van der Waals surface area (Å²) in [6.45, 7) is 1.94. The van der Waals surface area contributed by atoms with Crippen LogP contribution >= 0.6 is 0 Å². The van der Waals surface area contributed by atoms with Crippen LogP contribution in [0.25, 0.3) is 11.3 Å². The highest BCUT2D eigenvalue weighted by Crippen LogP contribution is 2.34. The summed E-state index contributed by atoms with van der Waals surface area (Å²) in [6.07, 6.45) is 8.30. The normalized spacial score (nSPS) is 14.3. The van der Waals surface area contributed by atoms with E-state index < -0.39 is 0 Å². The maximum Gasteiger partial charge on any atom is 0.319 e. The molecule has 32 heavy (non-hydrogen) atoms. The van der Waals surface area contributed by atoms with Crippen LogP contribution in [0.3, 0.4) is 0 Å². The lowest BCUT2D eigenvalue weighted by atomic mass is 9.88. The number of rotatable bonds is 8. The minimum Gasteiger partial charge on any atom is -0.383 e. The molecule has 0 unspecified atom stereocenters. The summed E-state index contributed by atoms with van der Waals surface area (Å²) in [5.74, 6) is 1.71. The molecule has 1 aromatic heterocycles. The third kappa shape index (κ3) is 5.56. The molecule has 168 valence electrons. The number of benzene rings is 2. The predicted molar refractivity (Wildman–Crippen MR) is 128 cm³/mol. The van der Waals surface area contributed by atoms with Gasteiger partial charge in [0.1, 0.15) is 5.82 Å². The van der Waals surface area contributed by atoms with Gasteiger partial charge in [-0.05, 0) is 36.1 Å². The largest absolute Gasteiger partial charge is 0.383 e. The number of anilines is 1. The number of imidazole rings is 1. The number of hydrogen-bond donors (Lipinski definition) is 2. The van der Waals surface area contributed by atoms with E-state index in [1.165, 1.54) is 37.9 Å². The molecule has 2 aromatic carbocycles. The fourth-order valence-corrected chi connectivity index (χ4v) is 4.40. The van der Waals surface area contributed by atoms with E-state index in [1.807, 2.05) is 60.8 Å². The highest BCUT2D eigenvalue weighted by Gasteiger charge is 2.22. The van der Waals surface area contributed by atoms with Crippen molar-refractivity contribution in [3.05, 3.63) is 72.2 Å². The summed E-state index contributed by atoms with van der Waals surface area (Å²) < 4.78 is 7.68. The smallest absolute Gasteiger partial charge is 0.319 e. The van der Waals surface area contributed by atoms with Crippen molar-refractivity contribution in [1.82, 2.24) is 14.9 Å². The second kappa shape index (κ2) is 11.0. The highest BCUT2D eigenvalue weighted by atomic mass is 16.5. The van der Waals surface area contributed by atoms with Crippen molar-refractivity contribution in [1.29, 1.82) is 0 Å². The van der Waals surface area contributed by atoms with Gasteiger partial charge >= 0.3 is 6.03 Å². The second-order valence-electron chi connectivity index (χ2n) is 8.35. The SMILES string of the molecule is COCCn1c(-c2ccc(NC(=O)NCc3ccccc3)cc2)cnc1C1CCCCC1. The third-order valence-electron chi connectivity index (χ3n) is 6.11. The van der Waals surface area contributed by atoms with E-state index in [2.05, 4.69) is 15.2 Å². The molecule has 3 aromatic rings. The molecule has 4 rings (SSSR count). The zero-order valence-electron chi connectivity index (χ0n) is 18.7. The maximum atomic E-state index is 12.2. The van der Waals surface area contributed by atoms with E-state index in [-0.39, 0.29) is 6.03 Å². The first-order valence-electron chi connectivity index (χ1n) is 11.5. The summed E-state index contributed by atoms with van der Waals surface area (Å²) in [7, 11) is 1.74. The predicted octanol–water partition coefficient (Wildman–Crippen LogP) is 5.57. The molecule has 2 N–H and O–H groups in total. The molecule has 6 heteroatoms. The molecule has 2 amide bonds. The van der Waals surface area contributed by atoms with Crippen molar-refractivity contribution >= 4 is 11.7 Å². The van der Waals surface area contributed by atoms with Crippen molar-refractivity contribution in [2.24, 2.45) is 0 Å². The fourth-order valence-electron chi connectivity index (χ4n) is 4.40. The molecular formula is C26H32N4O2. The van der Waals surface area contributed by atoms with E-state index in [0.29, 0.717) is 19.1 Å². The van der Waals surface area contributed by atoms with Crippen LogP contribution in [-0.2, 0) is 17.8 Å². The van der Waals surface area contributed by atoms with Gasteiger partial charge in [0.05, 0.1) is 18.5 Å². The number of urea groups is 1. The van der Waals surface area contributed by atoms with Gasteiger partial charge in [0, 0.05) is 31.8 Å². The van der Waals surface area contributed by atoms with E-state index in [1.54, 1.807) is 7.11 Å². The molecule has 1 aliphatic rings. The molecule has 6 nitrogen and oxygen atoms in total. The van der Waals surface area contributed by atoms with E-state index in [9.17, 15) is 4.79 Å². The zero-order valence-corrected chi connectivity index (χ0v) is 18.7. The van der Waals surface area contributed by atoms with Crippen molar-refractivity contribution in [2.45, 2.75) is 51.1 Å². The minimum absolute atomic E-state index is 0.216. The number of methoxy groups -OCH3 is 1. The topological polar surface area (TPSA) is 68.2 Å². The van der Waals surface area contributed by atoms with Crippen LogP contribution in [0.2, 0.25) is 0 Å². The van der Waals surface area contributed by atoms with Gasteiger partial charge in [-0.15, -0.1) is 0 Å². The van der Waals surface area contributed by atoms with Crippen LogP contribution in [0, 0.1) is 0 Å². The molecule has 1 fully saturated rings. The lowest BCUT2D eigenvalue weighted by Crippen LogP contribution is -2.28. The Bertz CT molecular complexity index is 992. The Labute approximate surface area is 190 Å². The van der Waals surface area contributed by atoms with Crippen LogP contribution in [-0.4, -0.2) is 29.3 Å². The number of hydrogen-bond acceptors (Lipinski definition) is 3. The molecule has 1 heterocycles. The lowest BCUT2D eigenvalue weighted by molar-refractivity contribution is 0.185. The number of ether oxygens (including phenoxy) is 1. The van der Waals surface area contributed by atoms with Crippen molar-refractivity contribution in [3.63, 3.8) is 0 Å². The van der Waals surface area contributed by atoms with Gasteiger partial charge < -0.3 is 19.9 Å². The summed E-state index contributed by atoms with van der Waals surface area (Å²) in [4.78, 5) is 17.1. The van der Waals surface area contributed by atoms with Crippen LogP contribution in [0.15, 0.2) is 60.8 Å². The lowest BCUT2D eigenvalue weighted by Gasteiger charge is -2.23. The number of amides is 2. The van der Waals surface area contributed by atoms with E-state index in [0.717, 1.165) is 29.1 Å². The Morgan fingerprint density at radius 3 is 2.53 bits per heavy atom. The fraction of sp³-hybridized carbons (Fsp3) is 0.385. The van der Waals surface area contributed by atoms with Gasteiger partial charge in [-0.3, -0.25) is 0 Å². The summed E-state index contributed by atoms with van der Waals surface area (Å²) in [5.41, 5.74) is 4.01. The first-order valence-corrected chi connectivity index (χ1v) is 11.5. The number of nitrogens with one attached hydrogen (secondary N) is 2. The van der Waals surface area contributed by atoms with Gasteiger partial charge in [-0.25, -0.2) is 9.78 Å². The molecule has 1 aliphatic carbocycles. The maximum absolute atomic E-state index is 12.2. The highest BCUT2D eigenvalue weighted by molar-refractivity contribution is 5.89. The van der Waals surface area contributed by atoms with Gasteiger partial charge in [0.2, 0.25) is 0 Å². The van der Waals surface area contributed by atoms with Gasteiger partial charge in [-0.2, -0.15) is 0 Å². The molecule has 0 aliphatic heterocycles. The summed E-state index contributed by atoms with van der Waals surface area (Å²) in [6, 6.07) is 17.6. The average molecular weight is 433 g/mol. The molecule has 0 saturated heterocycles. The number of nitrogens with zero attached hydrogens (tertiary/aromatic N) is 2. The van der Waals surface area contributed by atoms with Crippen molar-refractivity contribution in [3.8, 4) is 11.3 Å². The molecular weight excluding hydrogens is 400 g/mol. The molecule has 0 bridgehead atoms. The number of carbonyl (C=O) groups excluding carboxylic acids is 1. The van der Waals surface area contributed by atoms with Crippen molar-refractivity contribution in [2.75, 3.05) is 19.0 Å². The second-order valence-corrected chi connectivity index (χ2v) is 8.35. The standard InChI is InChI=1S/C26H32N4O2/c1-32-17-16-30-24(19-27-25(30)22-10-6-3-7-11-22)21-12-14-23(15-13-21)29-26(31)28-18-20-8-4-2-5-9-20/h2,4-5,8-9,12-15,19,22H,3,6-7,10-11,16-18H2,1H3,(H2,28,29,31). The van der Waals surface area contributed by atoms with Crippen LogP contribution in [0.1, 0.15) is 49.4 Å². The van der Waals surface area contributed by atoms with Gasteiger partial charge in [-0.1, -0.05) is 61.7 Å². The quantitative estimate of drug-likeness (QED) is 0.489. The number of carbonyl (C=O) groups is 1. The Balaban J connectivity index is 1.43. The Morgan fingerprint density at radius 1 is 1.06 bits per heavy atom. The Morgan fingerprint density at radius 2 is 1.81 bits per heavy atom. The number of aromatic nitrogens is 2.